The van der Waals surface area contributed by atoms with Crippen molar-refractivity contribution in [2.75, 3.05) is 7.11 Å². The van der Waals surface area contributed by atoms with E-state index in [1.165, 1.54) is 19.2 Å². The monoisotopic (exact) mass is 246 g/mol. The minimum Gasteiger partial charge on any atom is -0.493 e. The van der Waals surface area contributed by atoms with Crippen molar-refractivity contribution >= 4 is 5.97 Å². The molecule has 1 N–H and O–H groups in total. The van der Waals surface area contributed by atoms with E-state index in [2.05, 4.69) is 4.74 Å². The van der Waals surface area contributed by atoms with Gasteiger partial charge in [-0.2, -0.15) is 8.78 Å². The van der Waals surface area contributed by atoms with E-state index in [0.29, 0.717) is 5.56 Å². The third-order valence-corrected chi connectivity index (χ3v) is 2.07. The molecule has 0 aliphatic heterocycles. The molecule has 17 heavy (non-hydrogen) atoms. The number of hydrogen-bond donors (Lipinski definition) is 1. The standard InChI is InChI=1S/C11H12F2O4/c1-16-8-4-2-7(3-5-10(14)15)6-9(8)17-11(12)13/h2,4,6,11H,3,5H2,1H3,(H,14,15). The zero-order valence-corrected chi connectivity index (χ0v) is 9.15. The van der Waals surface area contributed by atoms with Gasteiger partial charge in [-0.3, -0.25) is 4.79 Å². The molecule has 0 heterocycles. The third kappa shape index (κ3) is 4.26. The average Bonchev–Trinajstić information content (AvgIpc) is 2.25. The molecule has 0 spiro atoms. The van der Waals surface area contributed by atoms with Gasteiger partial charge < -0.3 is 14.6 Å². The lowest BCUT2D eigenvalue weighted by Crippen LogP contribution is -2.04. The molecule has 0 radical (unpaired) electrons. The Hall–Kier alpha value is -1.85. The van der Waals surface area contributed by atoms with Gasteiger partial charge in [0, 0.05) is 6.42 Å². The van der Waals surface area contributed by atoms with Crippen LogP contribution < -0.4 is 9.47 Å². The maximum atomic E-state index is 12.1. The first-order chi connectivity index (χ1) is 8.02. The first-order valence-corrected chi connectivity index (χ1v) is 4.86. The van der Waals surface area contributed by atoms with Crippen molar-refractivity contribution < 1.29 is 28.2 Å². The van der Waals surface area contributed by atoms with Crippen LogP contribution in [0.15, 0.2) is 18.2 Å². The molecule has 94 valence electrons. The number of aliphatic carboxylic acids is 1. The Kier molecular flexibility index (Phi) is 4.68. The van der Waals surface area contributed by atoms with Crippen molar-refractivity contribution in [3.05, 3.63) is 23.8 Å². The highest BCUT2D eigenvalue weighted by Crippen LogP contribution is 2.29. The van der Waals surface area contributed by atoms with Gasteiger partial charge in [-0.05, 0) is 24.1 Å². The maximum Gasteiger partial charge on any atom is 0.387 e. The van der Waals surface area contributed by atoms with Crippen molar-refractivity contribution in [3.63, 3.8) is 0 Å². The van der Waals surface area contributed by atoms with Crippen molar-refractivity contribution in [1.82, 2.24) is 0 Å². The Bertz CT molecular complexity index is 393. The number of carbonyl (C=O) groups is 1. The van der Waals surface area contributed by atoms with E-state index in [9.17, 15) is 13.6 Å². The summed E-state index contributed by atoms with van der Waals surface area (Å²) in [6.07, 6.45) is 0.180. The van der Waals surface area contributed by atoms with E-state index in [4.69, 9.17) is 9.84 Å². The molecule has 4 nitrogen and oxygen atoms in total. The van der Waals surface area contributed by atoms with Crippen LogP contribution in [0.4, 0.5) is 8.78 Å². The topological polar surface area (TPSA) is 55.8 Å². The van der Waals surface area contributed by atoms with Crippen molar-refractivity contribution in [1.29, 1.82) is 0 Å². The summed E-state index contributed by atoms with van der Waals surface area (Å²) < 4.78 is 33.4. The molecule has 0 aliphatic rings. The zero-order valence-electron chi connectivity index (χ0n) is 9.15. The molecule has 1 aromatic rings. The summed E-state index contributed by atoms with van der Waals surface area (Å²) in [6.45, 7) is -2.95. The predicted octanol–water partition coefficient (Wildman–Crippen LogP) is 2.31. The Morgan fingerprint density at radius 1 is 1.41 bits per heavy atom. The van der Waals surface area contributed by atoms with Crippen LogP contribution in [0.1, 0.15) is 12.0 Å². The number of carboxylic acid groups (broad SMARTS) is 1. The summed E-state index contributed by atoms with van der Waals surface area (Å²) in [7, 11) is 1.34. The van der Waals surface area contributed by atoms with Crippen LogP contribution in [0.25, 0.3) is 0 Å². The third-order valence-electron chi connectivity index (χ3n) is 2.07. The van der Waals surface area contributed by atoms with Crippen LogP contribution in [-0.4, -0.2) is 24.8 Å². The first kappa shape index (κ1) is 13.2. The number of methoxy groups -OCH3 is 1. The predicted molar refractivity (Wildman–Crippen MR) is 55.6 cm³/mol. The number of alkyl halides is 2. The van der Waals surface area contributed by atoms with Gasteiger partial charge in [0.05, 0.1) is 7.11 Å². The molecule has 1 aromatic carbocycles. The number of carboxylic acids is 1. The zero-order chi connectivity index (χ0) is 12.8. The molecule has 0 unspecified atom stereocenters. The largest absolute Gasteiger partial charge is 0.493 e. The van der Waals surface area contributed by atoms with Gasteiger partial charge in [-0.15, -0.1) is 0 Å². The van der Waals surface area contributed by atoms with Crippen LogP contribution in [0.2, 0.25) is 0 Å². The first-order valence-electron chi connectivity index (χ1n) is 4.86. The molecule has 0 atom stereocenters. The van der Waals surface area contributed by atoms with Gasteiger partial charge in [0.25, 0.3) is 0 Å². The minimum absolute atomic E-state index is 0.0690. The highest BCUT2D eigenvalue weighted by molar-refractivity contribution is 5.67. The summed E-state index contributed by atoms with van der Waals surface area (Å²) >= 11 is 0. The number of hydrogen-bond acceptors (Lipinski definition) is 3. The summed E-state index contributed by atoms with van der Waals surface area (Å²) in [5.74, 6) is -0.855. The minimum atomic E-state index is -2.95. The quantitative estimate of drug-likeness (QED) is 0.836. The molecule has 0 saturated carbocycles. The summed E-state index contributed by atoms with van der Waals surface area (Å²) in [5, 5.41) is 8.51. The summed E-state index contributed by atoms with van der Waals surface area (Å²) in [5.41, 5.74) is 0.601. The van der Waals surface area contributed by atoms with Gasteiger partial charge in [-0.25, -0.2) is 0 Å². The lowest BCUT2D eigenvalue weighted by molar-refractivity contribution is -0.136. The van der Waals surface area contributed by atoms with Gasteiger partial charge in [0.2, 0.25) is 0 Å². The maximum absolute atomic E-state index is 12.1. The van der Waals surface area contributed by atoms with Gasteiger partial charge in [-0.1, -0.05) is 6.07 Å². The fraction of sp³-hybridized carbons (Fsp3) is 0.364. The second kappa shape index (κ2) is 6.03. The average molecular weight is 246 g/mol. The fourth-order valence-corrected chi connectivity index (χ4v) is 1.32. The smallest absolute Gasteiger partial charge is 0.387 e. The van der Waals surface area contributed by atoms with Gasteiger partial charge in [0.1, 0.15) is 0 Å². The van der Waals surface area contributed by atoms with Crippen molar-refractivity contribution in [2.45, 2.75) is 19.5 Å². The van der Waals surface area contributed by atoms with E-state index >= 15 is 0 Å². The summed E-state index contributed by atoms with van der Waals surface area (Å²) in [4.78, 5) is 10.4. The Morgan fingerprint density at radius 2 is 2.12 bits per heavy atom. The molecule has 1 rings (SSSR count). The lowest BCUT2D eigenvalue weighted by atomic mass is 10.1. The van der Waals surface area contributed by atoms with Crippen LogP contribution in [-0.2, 0) is 11.2 Å². The van der Waals surface area contributed by atoms with Crippen molar-refractivity contribution in [2.24, 2.45) is 0 Å². The Balaban J connectivity index is 2.84. The van der Waals surface area contributed by atoms with Gasteiger partial charge >= 0.3 is 12.6 Å². The Morgan fingerprint density at radius 3 is 2.65 bits per heavy atom. The van der Waals surface area contributed by atoms with Crippen LogP contribution in [0, 0.1) is 0 Å². The van der Waals surface area contributed by atoms with Crippen molar-refractivity contribution in [3.8, 4) is 11.5 Å². The number of benzene rings is 1. The highest BCUT2D eigenvalue weighted by atomic mass is 19.3. The lowest BCUT2D eigenvalue weighted by Gasteiger charge is -2.11. The molecule has 0 bridgehead atoms. The van der Waals surface area contributed by atoms with E-state index < -0.39 is 12.6 Å². The molecule has 0 saturated heterocycles. The van der Waals surface area contributed by atoms with Crippen LogP contribution in [0.5, 0.6) is 11.5 Å². The second-order valence-corrected chi connectivity index (χ2v) is 3.26. The molecule has 6 heteroatoms. The van der Waals surface area contributed by atoms with E-state index in [0.717, 1.165) is 0 Å². The van der Waals surface area contributed by atoms with Crippen LogP contribution in [0.3, 0.4) is 0 Å². The van der Waals surface area contributed by atoms with E-state index in [1.807, 2.05) is 0 Å². The Labute approximate surface area is 96.8 Å². The van der Waals surface area contributed by atoms with Crippen LogP contribution >= 0.6 is 0 Å². The highest BCUT2D eigenvalue weighted by Gasteiger charge is 2.11. The normalized spacial score (nSPS) is 10.4. The van der Waals surface area contributed by atoms with E-state index in [1.54, 1.807) is 6.07 Å². The second-order valence-electron chi connectivity index (χ2n) is 3.26. The number of halogens is 2. The molecule has 0 amide bonds. The number of aryl methyl sites for hydroxylation is 1. The molecule has 0 aromatic heterocycles. The summed E-state index contributed by atoms with van der Waals surface area (Å²) in [6, 6.07) is 4.43. The molecule has 0 aliphatic carbocycles. The SMILES string of the molecule is COc1ccc(CCC(=O)O)cc1OC(F)F. The fourth-order valence-electron chi connectivity index (χ4n) is 1.32. The van der Waals surface area contributed by atoms with Gasteiger partial charge in [0.15, 0.2) is 11.5 Å². The van der Waals surface area contributed by atoms with E-state index in [-0.39, 0.29) is 24.3 Å². The number of rotatable bonds is 6. The number of ether oxygens (including phenoxy) is 2. The molecular weight excluding hydrogens is 234 g/mol. The molecular formula is C11H12F2O4. The molecule has 0 fully saturated rings.